The first kappa shape index (κ1) is 11.0. The van der Waals surface area contributed by atoms with Gasteiger partial charge in [-0.05, 0) is 41.4 Å². The molecule has 84 valence electrons. The SMILES string of the molecule is CCOc1cccnc1NCc1ccsc1. The fourth-order valence-corrected chi connectivity index (χ4v) is 2.04. The monoisotopic (exact) mass is 234 g/mol. The van der Waals surface area contributed by atoms with Crippen LogP contribution in [-0.2, 0) is 6.54 Å². The van der Waals surface area contributed by atoms with E-state index in [4.69, 9.17) is 4.74 Å². The topological polar surface area (TPSA) is 34.1 Å². The molecule has 16 heavy (non-hydrogen) atoms. The molecule has 2 aromatic rings. The molecule has 0 unspecified atom stereocenters. The second-order valence-electron chi connectivity index (χ2n) is 3.27. The molecule has 1 N–H and O–H groups in total. The van der Waals surface area contributed by atoms with Gasteiger partial charge in [0.1, 0.15) is 0 Å². The Morgan fingerprint density at radius 3 is 3.12 bits per heavy atom. The molecule has 0 aromatic carbocycles. The first-order chi connectivity index (χ1) is 7.90. The molecular weight excluding hydrogens is 220 g/mol. The summed E-state index contributed by atoms with van der Waals surface area (Å²) in [5, 5.41) is 7.46. The first-order valence-corrected chi connectivity index (χ1v) is 6.17. The van der Waals surface area contributed by atoms with Gasteiger partial charge in [0.05, 0.1) is 6.61 Å². The van der Waals surface area contributed by atoms with Crippen molar-refractivity contribution in [1.82, 2.24) is 4.98 Å². The Labute approximate surface area is 99.1 Å². The highest BCUT2D eigenvalue weighted by atomic mass is 32.1. The third-order valence-electron chi connectivity index (χ3n) is 2.11. The van der Waals surface area contributed by atoms with Crippen LogP contribution >= 0.6 is 11.3 Å². The molecule has 0 saturated carbocycles. The molecule has 0 atom stereocenters. The predicted molar refractivity (Wildman–Crippen MR) is 67.1 cm³/mol. The van der Waals surface area contributed by atoms with E-state index < -0.39 is 0 Å². The largest absolute Gasteiger partial charge is 0.490 e. The van der Waals surface area contributed by atoms with Gasteiger partial charge in [-0.3, -0.25) is 0 Å². The fourth-order valence-electron chi connectivity index (χ4n) is 1.37. The van der Waals surface area contributed by atoms with Gasteiger partial charge in [0.25, 0.3) is 0 Å². The lowest BCUT2D eigenvalue weighted by Crippen LogP contribution is -2.03. The number of thiophene rings is 1. The smallest absolute Gasteiger partial charge is 0.169 e. The minimum Gasteiger partial charge on any atom is -0.490 e. The summed E-state index contributed by atoms with van der Waals surface area (Å²) < 4.78 is 5.48. The molecule has 0 aliphatic rings. The minimum absolute atomic E-state index is 0.652. The molecule has 0 saturated heterocycles. The maximum Gasteiger partial charge on any atom is 0.169 e. The summed E-state index contributed by atoms with van der Waals surface area (Å²) in [6, 6.07) is 5.90. The summed E-state index contributed by atoms with van der Waals surface area (Å²) in [5.74, 6) is 1.61. The summed E-state index contributed by atoms with van der Waals surface area (Å²) in [6.07, 6.45) is 1.76. The number of rotatable bonds is 5. The Morgan fingerprint density at radius 2 is 2.38 bits per heavy atom. The van der Waals surface area contributed by atoms with E-state index >= 15 is 0 Å². The van der Waals surface area contributed by atoms with Crippen LogP contribution in [0.5, 0.6) is 5.75 Å². The number of aromatic nitrogens is 1. The van der Waals surface area contributed by atoms with Crippen molar-refractivity contribution in [3.05, 3.63) is 40.7 Å². The fraction of sp³-hybridized carbons (Fsp3) is 0.250. The zero-order valence-electron chi connectivity index (χ0n) is 9.14. The highest BCUT2D eigenvalue weighted by Crippen LogP contribution is 2.21. The standard InChI is InChI=1S/C12H14N2OS/c1-2-15-11-4-3-6-13-12(11)14-8-10-5-7-16-9-10/h3-7,9H,2,8H2,1H3,(H,13,14). The summed E-state index contributed by atoms with van der Waals surface area (Å²) in [5.41, 5.74) is 1.26. The number of hydrogen-bond donors (Lipinski definition) is 1. The third-order valence-corrected chi connectivity index (χ3v) is 2.84. The number of hydrogen-bond acceptors (Lipinski definition) is 4. The number of pyridine rings is 1. The predicted octanol–water partition coefficient (Wildman–Crippen LogP) is 3.15. The lowest BCUT2D eigenvalue weighted by Gasteiger charge is -2.10. The molecule has 2 heterocycles. The number of nitrogens with zero attached hydrogens (tertiary/aromatic N) is 1. The second-order valence-corrected chi connectivity index (χ2v) is 4.05. The van der Waals surface area contributed by atoms with Gasteiger partial charge >= 0.3 is 0 Å². The summed E-state index contributed by atoms with van der Waals surface area (Å²) in [4.78, 5) is 4.26. The van der Waals surface area contributed by atoms with Crippen molar-refractivity contribution in [1.29, 1.82) is 0 Å². The highest BCUT2D eigenvalue weighted by molar-refractivity contribution is 7.07. The highest BCUT2D eigenvalue weighted by Gasteiger charge is 2.03. The quantitative estimate of drug-likeness (QED) is 0.863. The van der Waals surface area contributed by atoms with E-state index in [1.165, 1.54) is 5.56 Å². The summed E-state index contributed by atoms with van der Waals surface area (Å²) in [6.45, 7) is 3.40. The maximum absolute atomic E-state index is 5.48. The average Bonchev–Trinajstić information content (AvgIpc) is 2.81. The lowest BCUT2D eigenvalue weighted by molar-refractivity contribution is 0.340. The molecule has 0 bridgehead atoms. The molecule has 3 nitrogen and oxygen atoms in total. The van der Waals surface area contributed by atoms with Crippen LogP contribution in [0, 0.1) is 0 Å². The van der Waals surface area contributed by atoms with Gasteiger partial charge in [-0.15, -0.1) is 0 Å². The lowest BCUT2D eigenvalue weighted by atomic mass is 10.3. The van der Waals surface area contributed by atoms with Crippen LogP contribution in [0.1, 0.15) is 12.5 Å². The Kier molecular flexibility index (Phi) is 3.77. The third kappa shape index (κ3) is 2.73. The van der Waals surface area contributed by atoms with Gasteiger partial charge in [-0.1, -0.05) is 0 Å². The van der Waals surface area contributed by atoms with E-state index in [0.29, 0.717) is 6.61 Å². The summed E-state index contributed by atoms with van der Waals surface area (Å²) in [7, 11) is 0. The van der Waals surface area contributed by atoms with E-state index in [9.17, 15) is 0 Å². The van der Waals surface area contributed by atoms with Crippen LogP contribution in [0.4, 0.5) is 5.82 Å². The Hall–Kier alpha value is -1.55. The second kappa shape index (κ2) is 5.51. The number of ether oxygens (including phenoxy) is 1. The molecule has 0 spiro atoms. The Balaban J connectivity index is 2.03. The van der Waals surface area contributed by atoms with E-state index in [1.807, 2.05) is 19.1 Å². The van der Waals surface area contributed by atoms with Crippen molar-refractivity contribution in [2.24, 2.45) is 0 Å². The van der Waals surface area contributed by atoms with E-state index in [1.54, 1.807) is 17.5 Å². The Bertz CT molecular complexity index is 428. The van der Waals surface area contributed by atoms with Gasteiger partial charge in [0, 0.05) is 12.7 Å². The maximum atomic E-state index is 5.48. The average molecular weight is 234 g/mol. The first-order valence-electron chi connectivity index (χ1n) is 5.23. The minimum atomic E-state index is 0.652. The van der Waals surface area contributed by atoms with Crippen LogP contribution < -0.4 is 10.1 Å². The molecular formula is C12H14N2OS. The zero-order chi connectivity index (χ0) is 11.2. The van der Waals surface area contributed by atoms with Crippen LogP contribution in [0.15, 0.2) is 35.2 Å². The van der Waals surface area contributed by atoms with Crippen molar-refractivity contribution in [2.75, 3.05) is 11.9 Å². The Morgan fingerprint density at radius 1 is 1.44 bits per heavy atom. The van der Waals surface area contributed by atoms with Gasteiger partial charge in [0.2, 0.25) is 0 Å². The zero-order valence-corrected chi connectivity index (χ0v) is 9.96. The van der Waals surface area contributed by atoms with Crippen LogP contribution in [0.2, 0.25) is 0 Å². The molecule has 2 rings (SSSR count). The van der Waals surface area contributed by atoms with Crippen LogP contribution in [0.25, 0.3) is 0 Å². The molecule has 2 aromatic heterocycles. The van der Waals surface area contributed by atoms with Crippen molar-refractivity contribution < 1.29 is 4.74 Å². The summed E-state index contributed by atoms with van der Waals surface area (Å²) >= 11 is 1.70. The van der Waals surface area contributed by atoms with E-state index in [-0.39, 0.29) is 0 Å². The van der Waals surface area contributed by atoms with Gasteiger partial charge in [0.15, 0.2) is 11.6 Å². The number of nitrogens with one attached hydrogen (secondary N) is 1. The molecule has 0 aliphatic heterocycles. The molecule has 0 radical (unpaired) electrons. The molecule has 0 amide bonds. The van der Waals surface area contributed by atoms with Gasteiger partial charge in [-0.2, -0.15) is 11.3 Å². The number of anilines is 1. The molecule has 0 fully saturated rings. The van der Waals surface area contributed by atoms with E-state index in [2.05, 4.69) is 27.1 Å². The van der Waals surface area contributed by atoms with Gasteiger partial charge < -0.3 is 10.1 Å². The van der Waals surface area contributed by atoms with Crippen molar-refractivity contribution >= 4 is 17.2 Å². The van der Waals surface area contributed by atoms with Gasteiger partial charge in [-0.25, -0.2) is 4.98 Å². The molecule has 0 aliphatic carbocycles. The normalized spacial score (nSPS) is 10.1. The van der Waals surface area contributed by atoms with Crippen LogP contribution in [-0.4, -0.2) is 11.6 Å². The van der Waals surface area contributed by atoms with E-state index in [0.717, 1.165) is 18.1 Å². The van der Waals surface area contributed by atoms with Crippen molar-refractivity contribution in [3.63, 3.8) is 0 Å². The molecule has 4 heteroatoms. The van der Waals surface area contributed by atoms with Crippen molar-refractivity contribution in [3.8, 4) is 5.75 Å². The van der Waals surface area contributed by atoms with Crippen LogP contribution in [0.3, 0.4) is 0 Å². The van der Waals surface area contributed by atoms with Crippen molar-refractivity contribution in [2.45, 2.75) is 13.5 Å².